The van der Waals surface area contributed by atoms with Crippen molar-refractivity contribution in [1.29, 1.82) is 0 Å². The number of carbonyl (C=O) groups is 1. The normalized spacial score (nSPS) is 11.6. The maximum absolute atomic E-state index is 14.0. The lowest BCUT2D eigenvalue weighted by Gasteiger charge is -2.23. The van der Waals surface area contributed by atoms with Crippen LogP contribution >= 0.6 is 0 Å². The molecule has 0 saturated carbocycles. The van der Waals surface area contributed by atoms with Gasteiger partial charge in [-0.2, -0.15) is 4.98 Å². The first kappa shape index (κ1) is 20.2. The van der Waals surface area contributed by atoms with E-state index in [4.69, 9.17) is 4.74 Å². The Hall–Kier alpha value is -3.52. The smallest absolute Gasteiger partial charge is 0.332 e. The van der Waals surface area contributed by atoms with E-state index in [2.05, 4.69) is 20.6 Å². The Morgan fingerprint density at radius 3 is 2.59 bits per heavy atom. The van der Waals surface area contributed by atoms with Gasteiger partial charge in [0.05, 0.1) is 18.0 Å². The van der Waals surface area contributed by atoms with Crippen LogP contribution in [0.3, 0.4) is 0 Å². The summed E-state index contributed by atoms with van der Waals surface area (Å²) in [6.45, 7) is 2.41. The minimum absolute atomic E-state index is 0.0207. The zero-order valence-electron chi connectivity index (χ0n) is 16.2. The van der Waals surface area contributed by atoms with Gasteiger partial charge < -0.3 is 15.4 Å². The molecule has 150 valence electrons. The lowest BCUT2D eigenvalue weighted by atomic mass is 10.3. The van der Waals surface area contributed by atoms with Crippen LogP contribution in [-0.2, 0) is 4.74 Å². The van der Waals surface area contributed by atoms with E-state index in [0.29, 0.717) is 24.1 Å². The first-order valence-corrected chi connectivity index (χ1v) is 9.07. The number of amides is 2. The molecule has 0 aliphatic rings. The summed E-state index contributed by atoms with van der Waals surface area (Å²) in [7, 11) is 1.61. The van der Waals surface area contributed by atoms with Gasteiger partial charge in [-0.05, 0) is 31.2 Å². The van der Waals surface area contributed by atoms with Crippen LogP contribution in [0.1, 0.15) is 6.92 Å². The summed E-state index contributed by atoms with van der Waals surface area (Å²) in [6, 6.07) is 16.0. The maximum Gasteiger partial charge on any atom is 0.332 e. The predicted octanol–water partition coefficient (Wildman–Crippen LogP) is 4.43. The molecule has 1 heterocycles. The maximum atomic E-state index is 14.0. The van der Waals surface area contributed by atoms with Gasteiger partial charge in [0.25, 0.3) is 0 Å². The Morgan fingerprint density at radius 1 is 1.14 bits per heavy atom. The van der Waals surface area contributed by atoms with Gasteiger partial charge >= 0.3 is 6.03 Å². The van der Waals surface area contributed by atoms with E-state index in [9.17, 15) is 9.18 Å². The number of rotatable bonds is 7. The third kappa shape index (κ3) is 5.26. The number of urea groups is 1. The van der Waals surface area contributed by atoms with Gasteiger partial charge in [-0.3, -0.25) is 0 Å². The third-order valence-corrected chi connectivity index (χ3v) is 4.00. The van der Waals surface area contributed by atoms with E-state index in [-0.39, 0.29) is 11.7 Å². The number of hydrogen-bond acceptors (Lipinski definition) is 5. The Bertz CT molecular complexity index is 955. The summed E-state index contributed by atoms with van der Waals surface area (Å²) < 4.78 is 19.1. The Labute approximate surface area is 168 Å². The Kier molecular flexibility index (Phi) is 6.70. The van der Waals surface area contributed by atoms with Crippen molar-refractivity contribution in [2.75, 3.05) is 29.3 Å². The Balaban J connectivity index is 1.92. The number of nitrogens with zero attached hydrogens (tertiary/aromatic N) is 3. The molecular formula is C21H22FN5O2. The molecule has 8 heteroatoms. The molecule has 2 N–H and O–H groups in total. The van der Waals surface area contributed by atoms with Crippen molar-refractivity contribution in [2.24, 2.45) is 0 Å². The first-order valence-electron chi connectivity index (χ1n) is 9.07. The summed E-state index contributed by atoms with van der Waals surface area (Å²) in [6.07, 6.45) is 1.55. The van der Waals surface area contributed by atoms with Crippen LogP contribution in [0.15, 0.2) is 66.9 Å². The van der Waals surface area contributed by atoms with Crippen molar-refractivity contribution in [3.63, 3.8) is 0 Å². The zero-order valence-corrected chi connectivity index (χ0v) is 16.2. The molecule has 7 nitrogen and oxygen atoms in total. The van der Waals surface area contributed by atoms with Crippen molar-refractivity contribution in [3.8, 4) is 0 Å². The second-order valence-corrected chi connectivity index (χ2v) is 6.32. The van der Waals surface area contributed by atoms with E-state index >= 15 is 0 Å². The number of hydrogen-bond donors (Lipinski definition) is 2. The first-order chi connectivity index (χ1) is 14.1. The molecule has 2 aromatic carbocycles. The van der Waals surface area contributed by atoms with Crippen molar-refractivity contribution >= 4 is 29.2 Å². The number of para-hydroxylation sites is 2. The lowest BCUT2D eigenvalue weighted by molar-refractivity contribution is 0.190. The van der Waals surface area contributed by atoms with Crippen molar-refractivity contribution in [1.82, 2.24) is 9.97 Å². The molecule has 0 saturated heterocycles. The summed E-state index contributed by atoms with van der Waals surface area (Å²) in [5, 5.41) is 5.72. The van der Waals surface area contributed by atoms with Crippen LogP contribution in [0.5, 0.6) is 0 Å². The number of anilines is 4. The highest BCUT2D eigenvalue weighted by atomic mass is 19.1. The van der Waals surface area contributed by atoms with Gasteiger partial charge in [-0.1, -0.05) is 30.3 Å². The molecule has 0 unspecified atom stereocenters. The van der Waals surface area contributed by atoms with Crippen LogP contribution in [0, 0.1) is 5.82 Å². The van der Waals surface area contributed by atoms with Crippen LogP contribution in [0.25, 0.3) is 0 Å². The van der Waals surface area contributed by atoms with Crippen LogP contribution in [0.4, 0.5) is 32.3 Å². The van der Waals surface area contributed by atoms with Crippen LogP contribution in [0.2, 0.25) is 0 Å². The fraction of sp³-hybridized carbons (Fsp3) is 0.190. The molecule has 3 rings (SSSR count). The van der Waals surface area contributed by atoms with Crippen LogP contribution in [-0.4, -0.2) is 35.8 Å². The fourth-order valence-corrected chi connectivity index (χ4v) is 2.72. The molecule has 1 atom stereocenters. The van der Waals surface area contributed by atoms with E-state index in [0.717, 1.165) is 0 Å². The monoisotopic (exact) mass is 395 g/mol. The topological polar surface area (TPSA) is 79.4 Å². The average Bonchev–Trinajstić information content (AvgIpc) is 2.71. The molecule has 0 radical (unpaired) electrons. The summed E-state index contributed by atoms with van der Waals surface area (Å²) in [4.78, 5) is 23.1. The second kappa shape index (κ2) is 9.61. The van der Waals surface area contributed by atoms with E-state index in [1.165, 1.54) is 17.0 Å². The third-order valence-electron chi connectivity index (χ3n) is 4.00. The number of aromatic nitrogens is 2. The van der Waals surface area contributed by atoms with Gasteiger partial charge in [0.15, 0.2) is 0 Å². The summed E-state index contributed by atoms with van der Waals surface area (Å²) in [5.41, 5.74) is 0.662. The standard InChI is InChI=1S/C21H22FN5O2/c1-15(14-29-2)24-20-23-13-12-19(26-20)27(16-8-4-3-5-9-16)21(28)25-18-11-7-6-10-17(18)22/h3-13,15H,14H2,1-2H3,(H,25,28)(H,23,24,26)/t15-/m0/s1. The molecule has 1 aromatic heterocycles. The quantitative estimate of drug-likeness (QED) is 0.619. The summed E-state index contributed by atoms with van der Waals surface area (Å²) >= 11 is 0. The molecule has 0 spiro atoms. The molecule has 2 amide bonds. The Morgan fingerprint density at radius 2 is 1.86 bits per heavy atom. The van der Waals surface area contributed by atoms with Gasteiger partial charge in [-0.25, -0.2) is 19.1 Å². The number of methoxy groups -OCH3 is 1. The molecule has 0 aliphatic heterocycles. The van der Waals surface area contributed by atoms with Crippen molar-refractivity contribution in [3.05, 3.63) is 72.7 Å². The fourth-order valence-electron chi connectivity index (χ4n) is 2.72. The van der Waals surface area contributed by atoms with E-state index in [1.54, 1.807) is 55.8 Å². The van der Waals surface area contributed by atoms with Gasteiger partial charge in [0.2, 0.25) is 5.95 Å². The molecule has 0 bridgehead atoms. The number of ether oxygens (including phenoxy) is 1. The highest BCUT2D eigenvalue weighted by Gasteiger charge is 2.21. The molecular weight excluding hydrogens is 373 g/mol. The minimum atomic E-state index is -0.545. The SMILES string of the molecule is COC[C@H](C)Nc1nccc(N(C(=O)Nc2ccccc2F)c2ccccc2)n1. The summed E-state index contributed by atoms with van der Waals surface area (Å²) in [5.74, 6) is 0.172. The number of carbonyl (C=O) groups excluding carboxylic acids is 1. The molecule has 0 aliphatic carbocycles. The molecule has 29 heavy (non-hydrogen) atoms. The average molecular weight is 395 g/mol. The van der Waals surface area contributed by atoms with Crippen molar-refractivity contribution in [2.45, 2.75) is 13.0 Å². The number of benzene rings is 2. The van der Waals surface area contributed by atoms with E-state index < -0.39 is 11.8 Å². The minimum Gasteiger partial charge on any atom is -0.383 e. The van der Waals surface area contributed by atoms with Crippen LogP contribution < -0.4 is 15.5 Å². The number of halogens is 1. The number of nitrogens with one attached hydrogen (secondary N) is 2. The predicted molar refractivity (Wildman–Crippen MR) is 111 cm³/mol. The molecule has 3 aromatic rings. The lowest BCUT2D eigenvalue weighted by Crippen LogP contribution is -2.32. The zero-order chi connectivity index (χ0) is 20.6. The van der Waals surface area contributed by atoms with E-state index in [1.807, 2.05) is 13.0 Å². The second-order valence-electron chi connectivity index (χ2n) is 6.32. The largest absolute Gasteiger partial charge is 0.383 e. The van der Waals surface area contributed by atoms with Crippen molar-refractivity contribution < 1.29 is 13.9 Å². The van der Waals surface area contributed by atoms with Gasteiger partial charge in [-0.15, -0.1) is 0 Å². The molecule has 0 fully saturated rings. The highest BCUT2D eigenvalue weighted by Crippen LogP contribution is 2.26. The van der Waals surface area contributed by atoms with Gasteiger partial charge in [0, 0.05) is 25.4 Å². The van der Waals surface area contributed by atoms with Gasteiger partial charge in [0.1, 0.15) is 11.6 Å². The highest BCUT2D eigenvalue weighted by molar-refractivity contribution is 6.06.